The van der Waals surface area contributed by atoms with E-state index in [1.165, 1.54) is 12.1 Å². The molecule has 3 aromatic rings. The number of amides is 1. The molecular weight excluding hydrogens is 401 g/mol. The van der Waals surface area contributed by atoms with E-state index in [1.54, 1.807) is 34.8 Å². The molecule has 0 radical (unpaired) electrons. The van der Waals surface area contributed by atoms with E-state index in [0.29, 0.717) is 18.8 Å². The first-order valence-electron chi connectivity index (χ1n) is 9.82. The number of aromatic nitrogens is 4. The zero-order valence-corrected chi connectivity index (χ0v) is 18.9. The van der Waals surface area contributed by atoms with Crippen LogP contribution in [0.4, 0.5) is 4.39 Å². The van der Waals surface area contributed by atoms with Crippen molar-refractivity contribution in [2.75, 3.05) is 5.75 Å². The highest BCUT2D eigenvalue weighted by atomic mass is 32.2. The second kappa shape index (κ2) is 9.04. The summed E-state index contributed by atoms with van der Waals surface area (Å²) in [6, 6.07) is 6.32. The first kappa shape index (κ1) is 22.1. The van der Waals surface area contributed by atoms with Gasteiger partial charge in [-0.1, -0.05) is 44.7 Å². The van der Waals surface area contributed by atoms with Crippen LogP contribution in [0.3, 0.4) is 0 Å². The van der Waals surface area contributed by atoms with Crippen molar-refractivity contribution < 1.29 is 9.18 Å². The summed E-state index contributed by atoms with van der Waals surface area (Å²) in [7, 11) is 1.86. The maximum absolute atomic E-state index is 13.3. The number of rotatable bonds is 7. The van der Waals surface area contributed by atoms with Crippen molar-refractivity contribution in [1.82, 2.24) is 24.6 Å². The summed E-state index contributed by atoms with van der Waals surface area (Å²) in [5.41, 5.74) is 3.37. The van der Waals surface area contributed by atoms with Gasteiger partial charge in [-0.2, -0.15) is 5.10 Å². The number of nitrogens with one attached hydrogen (secondary N) is 1. The number of carbonyl (C=O) groups excluding carboxylic acids is 1. The minimum Gasteiger partial charge on any atom is -0.347 e. The molecule has 0 aliphatic carbocycles. The Labute approximate surface area is 180 Å². The quantitative estimate of drug-likeness (QED) is 0.572. The van der Waals surface area contributed by atoms with Crippen LogP contribution >= 0.6 is 11.8 Å². The molecule has 2 aromatic heterocycles. The molecule has 0 saturated carbocycles. The second-order valence-electron chi connectivity index (χ2n) is 8.58. The standard InChI is InChI=1S/C22H28FN5OS/c1-15-17(13-27(5)26-15)10-24-20(29)19-11-25-21(30-14-22(2,3)4)28(19)12-16-6-8-18(23)9-7-16/h6-9,11,13H,10,12,14H2,1-5H3,(H,24,29). The summed E-state index contributed by atoms with van der Waals surface area (Å²) in [4.78, 5) is 17.5. The molecule has 8 heteroatoms. The van der Waals surface area contributed by atoms with Crippen LogP contribution in [0.25, 0.3) is 0 Å². The summed E-state index contributed by atoms with van der Waals surface area (Å²) in [5.74, 6) is 0.385. The molecule has 0 fully saturated rings. The van der Waals surface area contributed by atoms with Crippen LogP contribution in [0.5, 0.6) is 0 Å². The highest BCUT2D eigenvalue weighted by Gasteiger charge is 2.20. The van der Waals surface area contributed by atoms with Crippen molar-refractivity contribution in [3.05, 3.63) is 65.0 Å². The van der Waals surface area contributed by atoms with Gasteiger partial charge in [-0.05, 0) is 30.0 Å². The minimum atomic E-state index is -0.281. The normalized spacial score (nSPS) is 11.7. The Hall–Kier alpha value is -2.61. The highest BCUT2D eigenvalue weighted by Crippen LogP contribution is 2.27. The minimum absolute atomic E-state index is 0.123. The van der Waals surface area contributed by atoms with Crippen LogP contribution < -0.4 is 5.32 Å². The van der Waals surface area contributed by atoms with Gasteiger partial charge in [0, 0.05) is 31.1 Å². The van der Waals surface area contributed by atoms with Gasteiger partial charge in [0.2, 0.25) is 0 Å². The molecule has 0 atom stereocenters. The van der Waals surface area contributed by atoms with E-state index in [1.807, 2.05) is 24.7 Å². The molecule has 1 aromatic carbocycles. The Morgan fingerprint density at radius 3 is 2.53 bits per heavy atom. The number of halogens is 1. The lowest BCUT2D eigenvalue weighted by atomic mass is 10.0. The van der Waals surface area contributed by atoms with Gasteiger partial charge in [-0.25, -0.2) is 9.37 Å². The second-order valence-corrected chi connectivity index (χ2v) is 9.53. The molecule has 0 spiro atoms. The zero-order valence-electron chi connectivity index (χ0n) is 18.1. The lowest BCUT2D eigenvalue weighted by molar-refractivity contribution is 0.0941. The van der Waals surface area contributed by atoms with Crippen LogP contribution in [-0.4, -0.2) is 31.0 Å². The average Bonchev–Trinajstić information content (AvgIpc) is 3.21. The number of imidazole rings is 1. The smallest absolute Gasteiger partial charge is 0.269 e. The molecule has 1 N–H and O–H groups in total. The van der Waals surface area contributed by atoms with E-state index in [-0.39, 0.29) is 17.1 Å². The van der Waals surface area contributed by atoms with Crippen molar-refractivity contribution in [2.45, 2.75) is 45.9 Å². The third-order valence-corrected chi connectivity index (χ3v) is 6.09. The fourth-order valence-electron chi connectivity index (χ4n) is 2.95. The monoisotopic (exact) mass is 429 g/mol. The van der Waals surface area contributed by atoms with Gasteiger partial charge in [0.05, 0.1) is 18.4 Å². The molecule has 0 saturated heterocycles. The Balaban J connectivity index is 1.82. The van der Waals surface area contributed by atoms with Crippen LogP contribution in [-0.2, 0) is 20.1 Å². The molecule has 1 amide bonds. The lowest BCUT2D eigenvalue weighted by Crippen LogP contribution is -2.26. The van der Waals surface area contributed by atoms with Crippen LogP contribution in [0.1, 0.15) is 48.1 Å². The number of hydrogen-bond acceptors (Lipinski definition) is 4. The number of hydrogen-bond donors (Lipinski definition) is 1. The topological polar surface area (TPSA) is 64.7 Å². The fraction of sp³-hybridized carbons (Fsp3) is 0.409. The van der Waals surface area contributed by atoms with Gasteiger partial charge in [-0.3, -0.25) is 9.48 Å². The Kier molecular flexibility index (Phi) is 6.65. The van der Waals surface area contributed by atoms with E-state index in [4.69, 9.17) is 0 Å². The first-order chi connectivity index (χ1) is 14.1. The zero-order chi connectivity index (χ0) is 21.9. The van der Waals surface area contributed by atoms with Gasteiger partial charge in [0.25, 0.3) is 5.91 Å². The van der Waals surface area contributed by atoms with Crippen LogP contribution in [0.2, 0.25) is 0 Å². The van der Waals surface area contributed by atoms with Crippen molar-refractivity contribution in [2.24, 2.45) is 12.5 Å². The third kappa shape index (κ3) is 5.72. The lowest BCUT2D eigenvalue weighted by Gasteiger charge is -2.18. The Morgan fingerprint density at radius 2 is 1.93 bits per heavy atom. The number of benzene rings is 1. The van der Waals surface area contributed by atoms with Crippen molar-refractivity contribution >= 4 is 17.7 Å². The summed E-state index contributed by atoms with van der Waals surface area (Å²) in [6.07, 6.45) is 3.51. The van der Waals surface area contributed by atoms with E-state index in [9.17, 15) is 9.18 Å². The molecular formula is C22H28FN5OS. The molecule has 0 unspecified atom stereocenters. The molecule has 3 rings (SSSR count). The molecule has 0 bridgehead atoms. The first-order valence-corrected chi connectivity index (χ1v) is 10.8. The third-order valence-electron chi connectivity index (χ3n) is 4.49. The van der Waals surface area contributed by atoms with Gasteiger partial charge < -0.3 is 9.88 Å². The van der Waals surface area contributed by atoms with Gasteiger partial charge in [-0.15, -0.1) is 0 Å². The number of aryl methyl sites for hydroxylation is 2. The predicted octanol–water partition coefficient (Wildman–Crippen LogP) is 4.18. The van der Waals surface area contributed by atoms with Gasteiger partial charge in [0.15, 0.2) is 5.16 Å². The summed E-state index contributed by atoms with van der Waals surface area (Å²) >= 11 is 1.62. The Bertz CT molecular complexity index is 1020. The maximum Gasteiger partial charge on any atom is 0.269 e. The van der Waals surface area contributed by atoms with Gasteiger partial charge in [0.1, 0.15) is 11.5 Å². The number of thioether (sulfide) groups is 1. The summed E-state index contributed by atoms with van der Waals surface area (Å²) in [6.45, 7) is 9.25. The largest absolute Gasteiger partial charge is 0.347 e. The van der Waals surface area contributed by atoms with Gasteiger partial charge >= 0.3 is 0 Å². The van der Waals surface area contributed by atoms with Crippen molar-refractivity contribution in [1.29, 1.82) is 0 Å². The predicted molar refractivity (Wildman–Crippen MR) is 117 cm³/mol. The number of nitrogens with zero attached hydrogens (tertiary/aromatic N) is 4. The molecule has 30 heavy (non-hydrogen) atoms. The maximum atomic E-state index is 13.3. The van der Waals surface area contributed by atoms with Crippen molar-refractivity contribution in [3.63, 3.8) is 0 Å². The summed E-state index contributed by atoms with van der Waals surface area (Å²) in [5, 5.41) is 8.05. The highest BCUT2D eigenvalue weighted by molar-refractivity contribution is 7.99. The Morgan fingerprint density at radius 1 is 1.23 bits per heavy atom. The van der Waals surface area contributed by atoms with E-state index >= 15 is 0 Å². The fourth-order valence-corrected chi connectivity index (χ4v) is 3.96. The summed E-state index contributed by atoms with van der Waals surface area (Å²) < 4.78 is 16.9. The van der Waals surface area contributed by atoms with Crippen molar-refractivity contribution in [3.8, 4) is 0 Å². The molecule has 6 nitrogen and oxygen atoms in total. The molecule has 0 aliphatic rings. The number of carbonyl (C=O) groups is 1. The average molecular weight is 430 g/mol. The van der Waals surface area contributed by atoms with Crippen LogP contribution in [0.15, 0.2) is 41.8 Å². The van der Waals surface area contributed by atoms with E-state index in [0.717, 1.165) is 27.7 Å². The SMILES string of the molecule is Cc1nn(C)cc1CNC(=O)c1cnc(SCC(C)(C)C)n1Cc1ccc(F)cc1. The molecule has 160 valence electrons. The van der Waals surface area contributed by atoms with E-state index < -0.39 is 0 Å². The van der Waals surface area contributed by atoms with Crippen LogP contribution in [0, 0.1) is 18.2 Å². The molecule has 2 heterocycles. The van der Waals surface area contributed by atoms with E-state index in [2.05, 4.69) is 36.2 Å². The molecule has 0 aliphatic heterocycles.